The molecule has 0 saturated heterocycles. The Balaban J connectivity index is 2.85. The molecule has 2 nitrogen and oxygen atoms in total. The predicted molar refractivity (Wildman–Crippen MR) is 46.4 cm³/mol. The van der Waals surface area contributed by atoms with Gasteiger partial charge in [-0.25, -0.2) is 0 Å². The van der Waals surface area contributed by atoms with Crippen LogP contribution in [-0.4, -0.2) is 35.7 Å². The minimum atomic E-state index is -0.400. The summed E-state index contributed by atoms with van der Waals surface area (Å²) in [6.45, 7) is 2.01. The molecule has 0 aromatic heterocycles. The average molecular weight is 153 g/mol. The monoisotopic (exact) mass is 153 g/mol. The third-order valence-electron chi connectivity index (χ3n) is 2.40. The summed E-state index contributed by atoms with van der Waals surface area (Å²) in [5.41, 5.74) is -0.241. The second-order valence-corrected chi connectivity index (χ2v) is 3.31. The lowest BCUT2D eigenvalue weighted by Gasteiger charge is -2.38. The normalized spacial score (nSPS) is 36.6. The summed E-state index contributed by atoms with van der Waals surface area (Å²) in [6.07, 6.45) is 7.25. The van der Waals surface area contributed by atoms with Gasteiger partial charge in [0.05, 0.1) is 11.6 Å². The number of hydrogen-bond donors (Lipinski definition) is 1. The molecule has 0 heterocycles. The molecule has 1 aliphatic carbocycles. The molecule has 0 spiro atoms. The largest absolute Gasteiger partial charge is 0.387 e. The van der Waals surface area contributed by atoms with Crippen LogP contribution in [0.2, 0.25) is 0 Å². The summed E-state index contributed by atoms with van der Waals surface area (Å²) in [5, 5.41) is 9.62. The standard InChI is InChI=1S/C9H15NO/c1-9(10(2)3)7-5-4-6-8(9)11/h4-8,11H,1-3H3. The van der Waals surface area contributed by atoms with Crippen LogP contribution < -0.4 is 0 Å². The predicted octanol–water partition coefficient (Wildman–Crippen LogP) is 0.794. The summed E-state index contributed by atoms with van der Waals surface area (Å²) in [5.74, 6) is 0. The molecule has 1 N–H and O–H groups in total. The van der Waals surface area contributed by atoms with Crippen molar-refractivity contribution in [3.8, 4) is 0 Å². The van der Waals surface area contributed by atoms with E-state index >= 15 is 0 Å². The maximum atomic E-state index is 9.62. The van der Waals surface area contributed by atoms with Gasteiger partial charge in [-0.05, 0) is 21.0 Å². The van der Waals surface area contributed by atoms with Crippen molar-refractivity contribution in [2.75, 3.05) is 14.1 Å². The van der Waals surface area contributed by atoms with Crippen molar-refractivity contribution in [3.05, 3.63) is 24.3 Å². The molecule has 1 rings (SSSR count). The highest BCUT2D eigenvalue weighted by Crippen LogP contribution is 2.22. The molecule has 0 amide bonds. The van der Waals surface area contributed by atoms with E-state index in [1.165, 1.54) is 0 Å². The highest BCUT2D eigenvalue weighted by atomic mass is 16.3. The lowest BCUT2D eigenvalue weighted by atomic mass is 9.89. The maximum Gasteiger partial charge on any atom is 0.0940 e. The third-order valence-corrected chi connectivity index (χ3v) is 2.40. The summed E-state index contributed by atoms with van der Waals surface area (Å²) in [4.78, 5) is 2.01. The van der Waals surface area contributed by atoms with Crippen LogP contribution in [0.25, 0.3) is 0 Å². The molecular weight excluding hydrogens is 138 g/mol. The summed E-state index contributed by atoms with van der Waals surface area (Å²) in [7, 11) is 3.93. The van der Waals surface area contributed by atoms with E-state index in [-0.39, 0.29) is 5.54 Å². The van der Waals surface area contributed by atoms with Crippen LogP contribution in [0.1, 0.15) is 6.92 Å². The van der Waals surface area contributed by atoms with Crippen molar-refractivity contribution in [2.45, 2.75) is 18.6 Å². The first kappa shape index (κ1) is 8.50. The quantitative estimate of drug-likeness (QED) is 0.602. The average Bonchev–Trinajstić information content (AvgIpc) is 1.95. The molecule has 62 valence electrons. The van der Waals surface area contributed by atoms with Gasteiger partial charge in [-0.3, -0.25) is 4.90 Å². The lowest BCUT2D eigenvalue weighted by Crippen LogP contribution is -2.49. The van der Waals surface area contributed by atoms with Crippen molar-refractivity contribution < 1.29 is 5.11 Å². The first-order chi connectivity index (χ1) is 5.07. The molecule has 1 aliphatic rings. The second kappa shape index (κ2) is 2.80. The molecule has 11 heavy (non-hydrogen) atoms. The van der Waals surface area contributed by atoms with E-state index in [1.807, 2.05) is 44.1 Å². The fraction of sp³-hybridized carbons (Fsp3) is 0.556. The number of hydrogen-bond acceptors (Lipinski definition) is 2. The maximum absolute atomic E-state index is 9.62. The van der Waals surface area contributed by atoms with Crippen LogP contribution in [0.4, 0.5) is 0 Å². The Morgan fingerprint density at radius 2 is 2.00 bits per heavy atom. The van der Waals surface area contributed by atoms with E-state index in [0.29, 0.717) is 0 Å². The van der Waals surface area contributed by atoms with Crippen LogP contribution in [0.5, 0.6) is 0 Å². The zero-order chi connectivity index (χ0) is 8.48. The molecule has 0 fully saturated rings. The first-order valence-corrected chi connectivity index (χ1v) is 3.79. The molecule has 0 aliphatic heterocycles. The zero-order valence-corrected chi connectivity index (χ0v) is 7.28. The number of allylic oxidation sites excluding steroid dienone is 2. The van der Waals surface area contributed by atoms with Crippen molar-refractivity contribution in [2.24, 2.45) is 0 Å². The van der Waals surface area contributed by atoms with E-state index in [9.17, 15) is 5.11 Å². The van der Waals surface area contributed by atoms with Gasteiger partial charge < -0.3 is 5.11 Å². The Morgan fingerprint density at radius 3 is 2.36 bits per heavy atom. The van der Waals surface area contributed by atoms with Crippen molar-refractivity contribution >= 4 is 0 Å². The Hall–Kier alpha value is -0.600. The summed E-state index contributed by atoms with van der Waals surface area (Å²) in [6, 6.07) is 0. The molecule has 0 saturated carbocycles. The van der Waals surface area contributed by atoms with Crippen LogP contribution in [0.3, 0.4) is 0 Å². The summed E-state index contributed by atoms with van der Waals surface area (Å²) < 4.78 is 0. The Kier molecular flexibility index (Phi) is 2.16. The second-order valence-electron chi connectivity index (χ2n) is 3.31. The van der Waals surface area contributed by atoms with Crippen LogP contribution >= 0.6 is 0 Å². The number of nitrogens with zero attached hydrogens (tertiary/aromatic N) is 1. The molecule has 0 bridgehead atoms. The SMILES string of the molecule is CN(C)C1(C)C=CC=CC1O. The highest BCUT2D eigenvalue weighted by molar-refractivity contribution is 5.24. The van der Waals surface area contributed by atoms with Gasteiger partial charge in [-0.1, -0.05) is 24.3 Å². The highest BCUT2D eigenvalue weighted by Gasteiger charge is 2.31. The molecule has 0 radical (unpaired) electrons. The smallest absolute Gasteiger partial charge is 0.0940 e. The first-order valence-electron chi connectivity index (χ1n) is 3.79. The van der Waals surface area contributed by atoms with Crippen molar-refractivity contribution in [1.82, 2.24) is 4.90 Å². The molecule has 0 aromatic rings. The Morgan fingerprint density at radius 1 is 1.36 bits per heavy atom. The lowest BCUT2D eigenvalue weighted by molar-refractivity contribution is 0.0689. The van der Waals surface area contributed by atoms with Gasteiger partial charge in [0.1, 0.15) is 0 Å². The van der Waals surface area contributed by atoms with Gasteiger partial charge in [-0.2, -0.15) is 0 Å². The van der Waals surface area contributed by atoms with Crippen molar-refractivity contribution in [3.63, 3.8) is 0 Å². The van der Waals surface area contributed by atoms with Gasteiger partial charge >= 0.3 is 0 Å². The minimum Gasteiger partial charge on any atom is -0.387 e. The molecular formula is C9H15NO. The molecule has 2 unspecified atom stereocenters. The van der Waals surface area contributed by atoms with Crippen LogP contribution in [-0.2, 0) is 0 Å². The Bertz CT molecular complexity index is 196. The van der Waals surface area contributed by atoms with E-state index in [0.717, 1.165) is 0 Å². The fourth-order valence-corrected chi connectivity index (χ4v) is 1.13. The minimum absolute atomic E-state index is 0.241. The van der Waals surface area contributed by atoms with Crippen LogP contribution in [0.15, 0.2) is 24.3 Å². The molecule has 2 heteroatoms. The number of aliphatic hydroxyl groups is 1. The van der Waals surface area contributed by atoms with Crippen molar-refractivity contribution in [1.29, 1.82) is 0 Å². The number of likely N-dealkylation sites (N-methyl/N-ethyl adjacent to an activating group) is 1. The zero-order valence-electron chi connectivity index (χ0n) is 7.28. The topological polar surface area (TPSA) is 23.5 Å². The van der Waals surface area contributed by atoms with E-state index in [2.05, 4.69) is 0 Å². The van der Waals surface area contributed by atoms with E-state index < -0.39 is 6.10 Å². The van der Waals surface area contributed by atoms with Gasteiger partial charge in [0.25, 0.3) is 0 Å². The van der Waals surface area contributed by atoms with Gasteiger partial charge in [0.15, 0.2) is 0 Å². The number of aliphatic hydroxyl groups excluding tert-OH is 1. The van der Waals surface area contributed by atoms with Gasteiger partial charge in [-0.15, -0.1) is 0 Å². The van der Waals surface area contributed by atoms with Gasteiger partial charge in [0.2, 0.25) is 0 Å². The third kappa shape index (κ3) is 1.37. The molecule has 2 atom stereocenters. The van der Waals surface area contributed by atoms with E-state index in [4.69, 9.17) is 0 Å². The molecule has 0 aromatic carbocycles. The van der Waals surface area contributed by atoms with Gasteiger partial charge in [0, 0.05) is 0 Å². The van der Waals surface area contributed by atoms with Crippen LogP contribution in [0, 0.1) is 0 Å². The Labute approximate surface area is 67.8 Å². The van der Waals surface area contributed by atoms with E-state index in [1.54, 1.807) is 6.08 Å². The fourth-order valence-electron chi connectivity index (χ4n) is 1.13. The summed E-state index contributed by atoms with van der Waals surface area (Å²) >= 11 is 0. The number of rotatable bonds is 1.